The Hall–Kier alpha value is -0.520. The summed E-state index contributed by atoms with van der Waals surface area (Å²) in [6.45, 7) is 5.09. The highest BCUT2D eigenvalue weighted by Crippen LogP contribution is 2.16. The Labute approximate surface area is 80.9 Å². The Morgan fingerprint density at radius 2 is 2.38 bits per heavy atom. The van der Waals surface area contributed by atoms with Gasteiger partial charge in [0.25, 0.3) is 0 Å². The molecule has 0 aromatic heterocycles. The van der Waals surface area contributed by atoms with Gasteiger partial charge in [-0.25, -0.2) is 0 Å². The van der Waals surface area contributed by atoms with Crippen molar-refractivity contribution < 1.29 is 5.11 Å². The third-order valence-corrected chi connectivity index (χ3v) is 2.80. The van der Waals surface area contributed by atoms with Crippen LogP contribution in [0.3, 0.4) is 0 Å². The normalized spacial score (nSPS) is 29.9. The number of piperidine rings is 1. The van der Waals surface area contributed by atoms with Gasteiger partial charge in [0, 0.05) is 13.0 Å². The molecular formula is C11H19NO. The molecule has 0 amide bonds. The second-order valence-electron chi connectivity index (χ2n) is 3.94. The van der Waals surface area contributed by atoms with Crippen LogP contribution in [0.25, 0.3) is 0 Å². The van der Waals surface area contributed by atoms with E-state index >= 15 is 0 Å². The molecule has 1 N–H and O–H groups in total. The average Bonchev–Trinajstić information content (AvgIpc) is 2.12. The minimum atomic E-state index is -0.139. The first-order chi connectivity index (χ1) is 6.24. The van der Waals surface area contributed by atoms with Crippen molar-refractivity contribution in [2.24, 2.45) is 5.92 Å². The molecule has 1 aliphatic rings. The van der Waals surface area contributed by atoms with Crippen molar-refractivity contribution in [2.45, 2.75) is 32.3 Å². The Morgan fingerprint density at radius 1 is 1.62 bits per heavy atom. The van der Waals surface area contributed by atoms with E-state index in [0.29, 0.717) is 5.92 Å². The van der Waals surface area contributed by atoms with E-state index in [9.17, 15) is 5.11 Å². The highest BCUT2D eigenvalue weighted by Gasteiger charge is 2.23. The Balaban J connectivity index is 2.18. The molecule has 2 nitrogen and oxygen atoms in total. The van der Waals surface area contributed by atoms with E-state index in [1.54, 1.807) is 0 Å². The van der Waals surface area contributed by atoms with Crippen LogP contribution in [0.1, 0.15) is 26.2 Å². The van der Waals surface area contributed by atoms with Crippen LogP contribution in [0.2, 0.25) is 0 Å². The summed E-state index contributed by atoms with van der Waals surface area (Å²) in [5, 5.41) is 9.62. The van der Waals surface area contributed by atoms with E-state index in [1.165, 1.54) is 0 Å². The zero-order valence-electron chi connectivity index (χ0n) is 8.37. The van der Waals surface area contributed by atoms with Crippen molar-refractivity contribution in [3.63, 3.8) is 0 Å². The van der Waals surface area contributed by atoms with Crippen molar-refractivity contribution >= 4 is 0 Å². The van der Waals surface area contributed by atoms with E-state index in [0.717, 1.165) is 38.9 Å². The SMILES string of the molecule is C#CCCCN1CCC(C)C(O)C1. The van der Waals surface area contributed by atoms with Crippen LogP contribution < -0.4 is 0 Å². The van der Waals surface area contributed by atoms with Gasteiger partial charge in [-0.1, -0.05) is 6.92 Å². The van der Waals surface area contributed by atoms with Crippen LogP contribution in [0, 0.1) is 18.3 Å². The van der Waals surface area contributed by atoms with Gasteiger partial charge < -0.3 is 10.0 Å². The Bertz CT molecular complexity index is 185. The Kier molecular flexibility index (Phi) is 4.27. The fourth-order valence-electron chi connectivity index (χ4n) is 1.72. The zero-order chi connectivity index (χ0) is 9.68. The molecule has 1 aliphatic heterocycles. The van der Waals surface area contributed by atoms with Gasteiger partial charge >= 0.3 is 0 Å². The molecule has 0 spiro atoms. The van der Waals surface area contributed by atoms with Crippen LogP contribution in [0.4, 0.5) is 0 Å². The van der Waals surface area contributed by atoms with Gasteiger partial charge in [-0.2, -0.15) is 0 Å². The predicted molar refractivity (Wildman–Crippen MR) is 54.3 cm³/mol. The van der Waals surface area contributed by atoms with E-state index in [2.05, 4.69) is 17.7 Å². The molecule has 2 atom stereocenters. The predicted octanol–water partition coefficient (Wildman–Crippen LogP) is 1.10. The molecule has 1 rings (SSSR count). The average molecular weight is 181 g/mol. The fourth-order valence-corrected chi connectivity index (χ4v) is 1.72. The second kappa shape index (κ2) is 5.26. The molecule has 74 valence electrons. The zero-order valence-corrected chi connectivity index (χ0v) is 8.37. The number of aliphatic hydroxyl groups is 1. The van der Waals surface area contributed by atoms with Gasteiger partial charge in [0.15, 0.2) is 0 Å². The van der Waals surface area contributed by atoms with E-state index < -0.39 is 0 Å². The number of likely N-dealkylation sites (tertiary alicyclic amines) is 1. The lowest BCUT2D eigenvalue weighted by Gasteiger charge is -2.34. The van der Waals surface area contributed by atoms with Crippen LogP contribution >= 0.6 is 0 Å². The summed E-state index contributed by atoms with van der Waals surface area (Å²) in [6, 6.07) is 0. The van der Waals surface area contributed by atoms with Gasteiger partial charge in [0.1, 0.15) is 0 Å². The minimum Gasteiger partial charge on any atom is -0.392 e. The fraction of sp³-hybridized carbons (Fsp3) is 0.818. The number of terminal acetylenes is 1. The third kappa shape index (κ3) is 3.38. The standard InChI is InChI=1S/C11H19NO/c1-3-4-5-7-12-8-6-10(2)11(13)9-12/h1,10-11,13H,4-9H2,2H3. The maximum absolute atomic E-state index is 9.62. The van der Waals surface area contributed by atoms with Gasteiger partial charge in [0.2, 0.25) is 0 Å². The summed E-state index contributed by atoms with van der Waals surface area (Å²) in [5.41, 5.74) is 0. The molecule has 1 fully saturated rings. The monoisotopic (exact) mass is 181 g/mol. The molecule has 13 heavy (non-hydrogen) atoms. The van der Waals surface area contributed by atoms with Gasteiger partial charge in [0.05, 0.1) is 6.10 Å². The lowest BCUT2D eigenvalue weighted by Crippen LogP contribution is -2.43. The maximum atomic E-state index is 9.62. The summed E-state index contributed by atoms with van der Waals surface area (Å²) in [5.74, 6) is 3.10. The topological polar surface area (TPSA) is 23.5 Å². The van der Waals surface area contributed by atoms with Crippen molar-refractivity contribution in [1.82, 2.24) is 4.90 Å². The summed E-state index contributed by atoms with van der Waals surface area (Å²) >= 11 is 0. The van der Waals surface area contributed by atoms with Crippen LogP contribution in [-0.2, 0) is 0 Å². The van der Waals surface area contributed by atoms with Gasteiger partial charge in [-0.05, 0) is 31.8 Å². The van der Waals surface area contributed by atoms with Crippen molar-refractivity contribution in [1.29, 1.82) is 0 Å². The quantitative estimate of drug-likeness (QED) is 0.520. The highest BCUT2D eigenvalue weighted by atomic mass is 16.3. The number of rotatable bonds is 3. The molecule has 2 unspecified atom stereocenters. The molecular weight excluding hydrogens is 162 g/mol. The number of nitrogens with zero attached hydrogens (tertiary/aromatic N) is 1. The Morgan fingerprint density at radius 3 is 3.00 bits per heavy atom. The third-order valence-electron chi connectivity index (χ3n) is 2.80. The molecule has 1 heterocycles. The molecule has 0 bridgehead atoms. The van der Waals surface area contributed by atoms with Crippen LogP contribution in [0.5, 0.6) is 0 Å². The first kappa shape index (κ1) is 10.6. The number of hydrogen-bond acceptors (Lipinski definition) is 2. The largest absolute Gasteiger partial charge is 0.392 e. The van der Waals surface area contributed by atoms with Crippen molar-refractivity contribution in [3.05, 3.63) is 0 Å². The van der Waals surface area contributed by atoms with E-state index in [1.807, 2.05) is 0 Å². The number of aliphatic hydroxyl groups excluding tert-OH is 1. The maximum Gasteiger partial charge on any atom is 0.0693 e. The summed E-state index contributed by atoms with van der Waals surface area (Å²) in [7, 11) is 0. The lowest BCUT2D eigenvalue weighted by molar-refractivity contribution is 0.0290. The summed E-state index contributed by atoms with van der Waals surface area (Å²) in [6.07, 6.45) is 8.05. The van der Waals surface area contributed by atoms with Crippen molar-refractivity contribution in [2.75, 3.05) is 19.6 Å². The molecule has 1 saturated heterocycles. The number of unbranched alkanes of at least 4 members (excludes halogenated alkanes) is 1. The summed E-state index contributed by atoms with van der Waals surface area (Å²) < 4.78 is 0. The molecule has 0 saturated carbocycles. The smallest absolute Gasteiger partial charge is 0.0693 e. The molecule has 0 aromatic rings. The van der Waals surface area contributed by atoms with Crippen LogP contribution in [0.15, 0.2) is 0 Å². The second-order valence-corrected chi connectivity index (χ2v) is 3.94. The number of β-amino-alcohol motifs (C(OH)–C–C–N with tert-alkyl or cyclic N) is 1. The summed E-state index contributed by atoms with van der Waals surface area (Å²) in [4.78, 5) is 2.31. The first-order valence-corrected chi connectivity index (χ1v) is 5.08. The molecule has 2 heteroatoms. The van der Waals surface area contributed by atoms with E-state index in [-0.39, 0.29) is 6.10 Å². The van der Waals surface area contributed by atoms with Gasteiger partial charge in [-0.15, -0.1) is 12.3 Å². The molecule has 0 radical (unpaired) electrons. The first-order valence-electron chi connectivity index (χ1n) is 5.08. The van der Waals surface area contributed by atoms with Gasteiger partial charge in [-0.3, -0.25) is 0 Å². The highest BCUT2D eigenvalue weighted by molar-refractivity contribution is 4.84. The lowest BCUT2D eigenvalue weighted by atomic mass is 9.96. The van der Waals surface area contributed by atoms with Crippen molar-refractivity contribution in [3.8, 4) is 12.3 Å². The van der Waals surface area contributed by atoms with Crippen LogP contribution in [-0.4, -0.2) is 35.7 Å². The number of hydrogen-bond donors (Lipinski definition) is 1. The minimum absolute atomic E-state index is 0.139. The van der Waals surface area contributed by atoms with E-state index in [4.69, 9.17) is 6.42 Å². The molecule has 0 aromatic carbocycles. The molecule has 0 aliphatic carbocycles.